The normalized spacial score (nSPS) is 13.5. The van der Waals surface area contributed by atoms with Gasteiger partial charge < -0.3 is 4.74 Å². The number of rotatable bonds is 7. The highest BCUT2D eigenvalue weighted by Crippen LogP contribution is 2.39. The highest BCUT2D eigenvalue weighted by atomic mass is 32.1. The number of hydrogen-bond acceptors (Lipinski definition) is 5. The standard InChI is InChI=1S/C29H24FN3OS/c30-26-12-6-4-11-23(26)20-34-27-13-7-5-10-22(27)17-32-29-25(16-31)24-14-15-33(19-28(24)35-29)18-21-8-2-1-3-9-21/h1-13,17H,14-15,18-20H2. The summed E-state index contributed by atoms with van der Waals surface area (Å²) in [6.07, 6.45) is 2.58. The van der Waals surface area contributed by atoms with Gasteiger partial charge in [-0.1, -0.05) is 60.7 Å². The van der Waals surface area contributed by atoms with Crippen LogP contribution < -0.4 is 4.74 Å². The van der Waals surface area contributed by atoms with E-state index in [9.17, 15) is 9.65 Å². The Kier molecular flexibility index (Phi) is 6.99. The zero-order valence-electron chi connectivity index (χ0n) is 19.2. The number of para-hydroxylation sites is 1. The molecule has 0 radical (unpaired) electrons. The van der Waals surface area contributed by atoms with Gasteiger partial charge in [0.2, 0.25) is 0 Å². The Hall–Kier alpha value is -3.79. The zero-order valence-corrected chi connectivity index (χ0v) is 20.0. The summed E-state index contributed by atoms with van der Waals surface area (Å²) >= 11 is 1.59. The Morgan fingerprint density at radius 1 is 1.03 bits per heavy atom. The summed E-state index contributed by atoms with van der Waals surface area (Å²) in [7, 11) is 0. The molecular formula is C29H24FN3OS. The van der Waals surface area contributed by atoms with Crippen LogP contribution in [0.1, 0.15) is 32.7 Å². The molecule has 5 rings (SSSR count). The highest BCUT2D eigenvalue weighted by molar-refractivity contribution is 7.16. The molecular weight excluding hydrogens is 457 g/mol. The lowest BCUT2D eigenvalue weighted by atomic mass is 10.0. The van der Waals surface area contributed by atoms with E-state index in [-0.39, 0.29) is 12.4 Å². The van der Waals surface area contributed by atoms with E-state index >= 15 is 0 Å². The van der Waals surface area contributed by atoms with Crippen LogP contribution >= 0.6 is 11.3 Å². The number of ether oxygens (including phenoxy) is 1. The van der Waals surface area contributed by atoms with E-state index in [2.05, 4.69) is 35.2 Å². The second-order valence-corrected chi connectivity index (χ2v) is 9.50. The minimum atomic E-state index is -0.289. The van der Waals surface area contributed by atoms with Gasteiger partial charge in [0.25, 0.3) is 0 Å². The number of fused-ring (bicyclic) bond motifs is 1. The Balaban J connectivity index is 1.33. The van der Waals surface area contributed by atoms with Crippen molar-refractivity contribution in [3.8, 4) is 11.8 Å². The summed E-state index contributed by atoms with van der Waals surface area (Å²) in [6, 6.07) is 26.9. The van der Waals surface area contributed by atoms with Crippen LogP contribution in [0, 0.1) is 17.1 Å². The van der Waals surface area contributed by atoms with Crippen molar-refractivity contribution < 1.29 is 9.13 Å². The van der Waals surface area contributed by atoms with E-state index in [4.69, 9.17) is 9.73 Å². The SMILES string of the molecule is N#Cc1c(N=Cc2ccccc2OCc2ccccc2F)sc2c1CCN(Cc1ccccc1)C2. The summed E-state index contributed by atoms with van der Waals surface area (Å²) in [5.41, 5.74) is 4.36. The molecule has 1 aliphatic heterocycles. The molecule has 0 bridgehead atoms. The first-order valence-electron chi connectivity index (χ1n) is 11.5. The predicted molar refractivity (Wildman–Crippen MR) is 138 cm³/mol. The van der Waals surface area contributed by atoms with Gasteiger partial charge in [0, 0.05) is 41.9 Å². The molecule has 0 unspecified atom stereocenters. The van der Waals surface area contributed by atoms with E-state index in [1.54, 1.807) is 35.8 Å². The van der Waals surface area contributed by atoms with Crippen LogP contribution in [0.4, 0.5) is 9.39 Å². The largest absolute Gasteiger partial charge is 0.488 e. The van der Waals surface area contributed by atoms with Crippen LogP contribution in [-0.2, 0) is 26.1 Å². The van der Waals surface area contributed by atoms with Crippen LogP contribution in [-0.4, -0.2) is 17.7 Å². The van der Waals surface area contributed by atoms with Gasteiger partial charge in [0.1, 0.15) is 29.2 Å². The Morgan fingerprint density at radius 3 is 2.63 bits per heavy atom. The van der Waals surface area contributed by atoms with Gasteiger partial charge in [-0.3, -0.25) is 4.90 Å². The van der Waals surface area contributed by atoms with Crippen molar-refractivity contribution in [3.05, 3.63) is 117 Å². The lowest BCUT2D eigenvalue weighted by molar-refractivity contribution is 0.249. The molecule has 6 heteroatoms. The van der Waals surface area contributed by atoms with Crippen LogP contribution in [0.3, 0.4) is 0 Å². The third kappa shape index (κ3) is 5.32. The van der Waals surface area contributed by atoms with Gasteiger partial charge in [-0.25, -0.2) is 9.38 Å². The van der Waals surface area contributed by atoms with Crippen LogP contribution in [0.15, 0.2) is 83.9 Å². The van der Waals surface area contributed by atoms with Crippen LogP contribution in [0.25, 0.3) is 0 Å². The molecule has 0 fully saturated rings. The number of hydrogen-bond donors (Lipinski definition) is 0. The highest BCUT2D eigenvalue weighted by Gasteiger charge is 2.24. The first-order valence-corrected chi connectivity index (χ1v) is 12.3. The second-order valence-electron chi connectivity index (χ2n) is 8.42. The van der Waals surface area contributed by atoms with E-state index in [1.165, 1.54) is 16.5 Å². The number of halogens is 1. The maximum Gasteiger partial charge on any atom is 0.134 e. The van der Waals surface area contributed by atoms with Crippen molar-refractivity contribution >= 4 is 22.6 Å². The minimum absolute atomic E-state index is 0.130. The van der Waals surface area contributed by atoms with E-state index < -0.39 is 0 Å². The summed E-state index contributed by atoms with van der Waals surface area (Å²) in [5.74, 6) is 0.330. The van der Waals surface area contributed by atoms with E-state index in [0.29, 0.717) is 16.9 Å². The fourth-order valence-electron chi connectivity index (χ4n) is 4.24. The third-order valence-electron chi connectivity index (χ3n) is 6.06. The van der Waals surface area contributed by atoms with Gasteiger partial charge in [-0.15, -0.1) is 11.3 Å². The molecule has 0 saturated heterocycles. The summed E-state index contributed by atoms with van der Waals surface area (Å²) < 4.78 is 19.9. The molecule has 2 heterocycles. The van der Waals surface area contributed by atoms with E-state index in [0.717, 1.165) is 42.2 Å². The molecule has 4 nitrogen and oxygen atoms in total. The number of nitrogens with zero attached hydrogens (tertiary/aromatic N) is 3. The van der Waals surface area contributed by atoms with E-state index in [1.807, 2.05) is 30.3 Å². The molecule has 0 amide bonds. The van der Waals surface area contributed by atoms with Crippen molar-refractivity contribution in [1.82, 2.24) is 4.90 Å². The molecule has 174 valence electrons. The van der Waals surface area contributed by atoms with Crippen molar-refractivity contribution in [2.24, 2.45) is 4.99 Å². The second kappa shape index (κ2) is 10.6. The molecule has 0 spiro atoms. The maximum absolute atomic E-state index is 14.0. The number of nitriles is 1. The quantitative estimate of drug-likeness (QED) is 0.278. The summed E-state index contributed by atoms with van der Waals surface area (Å²) in [4.78, 5) is 8.31. The number of benzene rings is 3. The monoisotopic (exact) mass is 481 g/mol. The summed E-state index contributed by atoms with van der Waals surface area (Å²) in [5, 5.41) is 10.6. The topological polar surface area (TPSA) is 48.6 Å². The lowest BCUT2D eigenvalue weighted by Gasteiger charge is -2.26. The van der Waals surface area contributed by atoms with Crippen molar-refractivity contribution in [3.63, 3.8) is 0 Å². The maximum atomic E-state index is 14.0. The Morgan fingerprint density at radius 2 is 1.80 bits per heavy atom. The molecule has 0 aliphatic carbocycles. The Bertz CT molecular complexity index is 1390. The van der Waals surface area contributed by atoms with Gasteiger partial charge in [0.15, 0.2) is 0 Å². The van der Waals surface area contributed by atoms with Gasteiger partial charge >= 0.3 is 0 Å². The fraction of sp³-hybridized carbons (Fsp3) is 0.172. The summed E-state index contributed by atoms with van der Waals surface area (Å²) in [6.45, 7) is 2.77. The van der Waals surface area contributed by atoms with Gasteiger partial charge in [-0.05, 0) is 35.7 Å². The molecule has 35 heavy (non-hydrogen) atoms. The van der Waals surface area contributed by atoms with Crippen LogP contribution in [0.2, 0.25) is 0 Å². The molecule has 0 atom stereocenters. The smallest absolute Gasteiger partial charge is 0.134 e. The minimum Gasteiger partial charge on any atom is -0.488 e. The van der Waals surface area contributed by atoms with Crippen molar-refractivity contribution in [2.75, 3.05) is 6.54 Å². The Labute approximate surface area is 208 Å². The first-order chi connectivity index (χ1) is 17.2. The first kappa shape index (κ1) is 23.0. The average molecular weight is 482 g/mol. The molecule has 1 aliphatic rings. The van der Waals surface area contributed by atoms with Crippen LogP contribution in [0.5, 0.6) is 5.75 Å². The van der Waals surface area contributed by atoms with Gasteiger partial charge in [-0.2, -0.15) is 5.26 Å². The molecule has 3 aromatic carbocycles. The zero-order chi connectivity index (χ0) is 24.0. The molecule has 0 saturated carbocycles. The van der Waals surface area contributed by atoms with Crippen molar-refractivity contribution in [2.45, 2.75) is 26.1 Å². The van der Waals surface area contributed by atoms with Gasteiger partial charge in [0.05, 0.1) is 5.56 Å². The number of thiophene rings is 1. The lowest BCUT2D eigenvalue weighted by Crippen LogP contribution is -2.29. The van der Waals surface area contributed by atoms with Crippen molar-refractivity contribution in [1.29, 1.82) is 5.26 Å². The fourth-order valence-corrected chi connectivity index (χ4v) is 5.43. The molecule has 0 N–H and O–H groups in total. The molecule has 4 aromatic rings. The number of aliphatic imine (C=N–C) groups is 1. The third-order valence-corrected chi connectivity index (χ3v) is 7.18. The molecule has 1 aromatic heterocycles. The predicted octanol–water partition coefficient (Wildman–Crippen LogP) is 6.65. The average Bonchev–Trinajstić information content (AvgIpc) is 3.24.